The standard InChI is InChI=1S/C16H23N3O/c1-18-9-11-19(12-10-18)13-14-20-16-7-3-2-5-15(16)6-4-8-17/h2-3,5,7H,8-14,17H2,1H3. The smallest absolute Gasteiger partial charge is 0.134 e. The molecular formula is C16H23N3O. The Labute approximate surface area is 121 Å². The van der Waals surface area contributed by atoms with Crippen molar-refractivity contribution >= 4 is 0 Å². The molecule has 0 aliphatic carbocycles. The molecule has 2 rings (SSSR count). The molecule has 4 heteroatoms. The first-order valence-electron chi connectivity index (χ1n) is 7.11. The second-order valence-electron chi connectivity index (χ2n) is 5.00. The summed E-state index contributed by atoms with van der Waals surface area (Å²) >= 11 is 0. The summed E-state index contributed by atoms with van der Waals surface area (Å²) in [4.78, 5) is 4.79. The average molecular weight is 273 g/mol. The van der Waals surface area contributed by atoms with Gasteiger partial charge in [-0.3, -0.25) is 4.90 Å². The molecule has 4 nitrogen and oxygen atoms in total. The SMILES string of the molecule is CN1CCN(CCOc2ccccc2C#CCN)CC1. The van der Waals surface area contributed by atoms with Crippen LogP contribution in [-0.4, -0.2) is 62.7 Å². The quantitative estimate of drug-likeness (QED) is 0.817. The van der Waals surface area contributed by atoms with E-state index in [1.807, 2.05) is 24.3 Å². The number of nitrogens with two attached hydrogens (primary N) is 1. The molecule has 1 aliphatic rings. The first kappa shape index (κ1) is 14.9. The average Bonchev–Trinajstić information content (AvgIpc) is 2.48. The summed E-state index contributed by atoms with van der Waals surface area (Å²) in [6.45, 7) is 6.55. The lowest BCUT2D eigenvalue weighted by molar-refractivity contribution is 0.133. The van der Waals surface area contributed by atoms with Gasteiger partial charge >= 0.3 is 0 Å². The van der Waals surface area contributed by atoms with E-state index in [1.54, 1.807) is 0 Å². The van der Waals surface area contributed by atoms with Crippen molar-refractivity contribution in [1.29, 1.82) is 0 Å². The van der Waals surface area contributed by atoms with Gasteiger partial charge < -0.3 is 15.4 Å². The third-order valence-electron chi connectivity index (χ3n) is 3.47. The highest BCUT2D eigenvalue weighted by Gasteiger charge is 2.13. The highest BCUT2D eigenvalue weighted by Crippen LogP contribution is 2.16. The lowest BCUT2D eigenvalue weighted by atomic mass is 10.2. The topological polar surface area (TPSA) is 41.7 Å². The molecule has 0 saturated carbocycles. The van der Waals surface area contributed by atoms with Gasteiger partial charge in [0, 0.05) is 32.7 Å². The van der Waals surface area contributed by atoms with Crippen molar-refractivity contribution < 1.29 is 4.74 Å². The summed E-state index contributed by atoms with van der Waals surface area (Å²) in [6, 6.07) is 7.87. The highest BCUT2D eigenvalue weighted by atomic mass is 16.5. The van der Waals surface area contributed by atoms with Gasteiger partial charge in [-0.15, -0.1) is 0 Å². The Morgan fingerprint density at radius 3 is 2.70 bits per heavy atom. The molecule has 1 saturated heterocycles. The predicted molar refractivity (Wildman–Crippen MR) is 81.8 cm³/mol. The molecule has 1 aromatic carbocycles. The van der Waals surface area contributed by atoms with Crippen LogP contribution in [0.3, 0.4) is 0 Å². The number of likely N-dealkylation sites (N-methyl/N-ethyl adjacent to an activating group) is 1. The second-order valence-corrected chi connectivity index (χ2v) is 5.00. The van der Waals surface area contributed by atoms with Crippen LogP contribution in [0.5, 0.6) is 5.75 Å². The molecule has 0 amide bonds. The number of piperazine rings is 1. The van der Waals surface area contributed by atoms with Crippen LogP contribution in [0.1, 0.15) is 5.56 Å². The molecule has 0 atom stereocenters. The first-order valence-corrected chi connectivity index (χ1v) is 7.11. The van der Waals surface area contributed by atoms with Gasteiger partial charge in [-0.05, 0) is 19.2 Å². The maximum absolute atomic E-state index is 5.87. The van der Waals surface area contributed by atoms with Gasteiger partial charge in [0.15, 0.2) is 0 Å². The van der Waals surface area contributed by atoms with E-state index in [4.69, 9.17) is 10.5 Å². The number of rotatable bonds is 4. The van der Waals surface area contributed by atoms with E-state index in [1.165, 1.54) is 0 Å². The lowest BCUT2D eigenvalue weighted by Crippen LogP contribution is -2.45. The lowest BCUT2D eigenvalue weighted by Gasteiger charge is -2.32. The van der Waals surface area contributed by atoms with Crippen molar-refractivity contribution in [2.24, 2.45) is 5.73 Å². The number of nitrogens with zero attached hydrogens (tertiary/aromatic N) is 2. The van der Waals surface area contributed by atoms with Crippen LogP contribution in [0.2, 0.25) is 0 Å². The van der Waals surface area contributed by atoms with Crippen molar-refractivity contribution in [3.63, 3.8) is 0 Å². The Morgan fingerprint density at radius 1 is 1.20 bits per heavy atom. The van der Waals surface area contributed by atoms with Gasteiger partial charge in [-0.25, -0.2) is 0 Å². The molecule has 0 spiro atoms. The van der Waals surface area contributed by atoms with Crippen LogP contribution in [0.15, 0.2) is 24.3 Å². The summed E-state index contributed by atoms with van der Waals surface area (Å²) in [5.41, 5.74) is 6.32. The van der Waals surface area contributed by atoms with Gasteiger partial charge in [0.25, 0.3) is 0 Å². The normalized spacial score (nSPS) is 16.5. The van der Waals surface area contributed by atoms with Crippen molar-refractivity contribution in [3.8, 4) is 17.6 Å². The maximum Gasteiger partial charge on any atom is 0.134 e. The zero-order valence-electron chi connectivity index (χ0n) is 12.1. The Morgan fingerprint density at radius 2 is 1.95 bits per heavy atom. The van der Waals surface area contributed by atoms with E-state index in [9.17, 15) is 0 Å². The first-order chi connectivity index (χ1) is 9.79. The van der Waals surface area contributed by atoms with Crippen LogP contribution >= 0.6 is 0 Å². The zero-order chi connectivity index (χ0) is 14.2. The van der Waals surface area contributed by atoms with Crippen LogP contribution < -0.4 is 10.5 Å². The Bertz CT molecular complexity index is 470. The van der Waals surface area contributed by atoms with Crippen LogP contribution in [0.4, 0.5) is 0 Å². The maximum atomic E-state index is 5.87. The number of ether oxygens (including phenoxy) is 1. The van der Waals surface area contributed by atoms with Crippen LogP contribution in [0, 0.1) is 11.8 Å². The summed E-state index contributed by atoms with van der Waals surface area (Å²) in [5.74, 6) is 6.77. The molecule has 0 bridgehead atoms. The van der Waals surface area contributed by atoms with E-state index in [2.05, 4.69) is 28.7 Å². The Hall–Kier alpha value is -1.54. The Kier molecular flexibility index (Phi) is 5.87. The third-order valence-corrected chi connectivity index (χ3v) is 3.47. The van der Waals surface area contributed by atoms with E-state index < -0.39 is 0 Å². The molecule has 0 radical (unpaired) electrons. The Balaban J connectivity index is 1.82. The molecule has 1 aliphatic heterocycles. The molecule has 1 heterocycles. The molecule has 20 heavy (non-hydrogen) atoms. The fourth-order valence-electron chi connectivity index (χ4n) is 2.20. The summed E-state index contributed by atoms with van der Waals surface area (Å²) in [5, 5.41) is 0. The number of hydrogen-bond donors (Lipinski definition) is 1. The van der Waals surface area contributed by atoms with Crippen molar-refractivity contribution in [2.45, 2.75) is 0 Å². The van der Waals surface area contributed by atoms with Crippen LogP contribution in [-0.2, 0) is 0 Å². The van der Waals surface area contributed by atoms with Gasteiger partial charge in [-0.1, -0.05) is 24.0 Å². The molecule has 1 aromatic rings. The van der Waals surface area contributed by atoms with E-state index in [0.717, 1.165) is 44.0 Å². The molecule has 108 valence electrons. The van der Waals surface area contributed by atoms with Gasteiger partial charge in [0.1, 0.15) is 12.4 Å². The largest absolute Gasteiger partial charge is 0.491 e. The second kappa shape index (κ2) is 7.91. The van der Waals surface area contributed by atoms with E-state index in [-0.39, 0.29) is 0 Å². The molecular weight excluding hydrogens is 250 g/mol. The number of hydrogen-bond acceptors (Lipinski definition) is 4. The van der Waals surface area contributed by atoms with Crippen molar-refractivity contribution in [1.82, 2.24) is 9.80 Å². The minimum atomic E-state index is 0.371. The summed E-state index contributed by atoms with van der Waals surface area (Å²) < 4.78 is 5.87. The van der Waals surface area contributed by atoms with E-state index >= 15 is 0 Å². The third kappa shape index (κ3) is 4.53. The number of benzene rings is 1. The van der Waals surface area contributed by atoms with Crippen LogP contribution in [0.25, 0.3) is 0 Å². The predicted octanol–water partition coefficient (Wildman–Crippen LogP) is 0.623. The van der Waals surface area contributed by atoms with Gasteiger partial charge in [0.2, 0.25) is 0 Å². The summed E-state index contributed by atoms with van der Waals surface area (Å²) in [7, 11) is 2.17. The monoisotopic (exact) mass is 273 g/mol. The van der Waals surface area contributed by atoms with Crippen molar-refractivity contribution in [2.75, 3.05) is 52.9 Å². The minimum Gasteiger partial charge on any atom is -0.491 e. The minimum absolute atomic E-state index is 0.371. The number of para-hydroxylation sites is 1. The molecule has 0 aromatic heterocycles. The fraction of sp³-hybridized carbons (Fsp3) is 0.500. The van der Waals surface area contributed by atoms with E-state index in [0.29, 0.717) is 13.2 Å². The zero-order valence-corrected chi connectivity index (χ0v) is 12.1. The fourth-order valence-corrected chi connectivity index (χ4v) is 2.20. The summed E-state index contributed by atoms with van der Waals surface area (Å²) in [6.07, 6.45) is 0. The molecule has 1 fully saturated rings. The van der Waals surface area contributed by atoms with Crippen molar-refractivity contribution in [3.05, 3.63) is 29.8 Å². The van der Waals surface area contributed by atoms with Gasteiger partial charge in [0.05, 0.1) is 12.1 Å². The molecule has 0 unspecified atom stereocenters. The molecule has 2 N–H and O–H groups in total. The van der Waals surface area contributed by atoms with Gasteiger partial charge in [-0.2, -0.15) is 0 Å². The highest BCUT2D eigenvalue weighted by molar-refractivity contribution is 5.45.